The van der Waals surface area contributed by atoms with Crippen LogP contribution in [0.2, 0.25) is 0 Å². The lowest BCUT2D eigenvalue weighted by molar-refractivity contribution is -0.140. The average Bonchev–Trinajstić information content (AvgIpc) is 2.64. The largest absolute Gasteiger partial charge is 0.480 e. The number of aliphatic carboxylic acids is 2. The Balaban J connectivity index is 2.55. The van der Waals surface area contributed by atoms with E-state index in [1.165, 1.54) is 0 Å². The molecule has 0 radical (unpaired) electrons. The minimum atomic E-state index is -1.24. The molecule has 1 aliphatic rings. The van der Waals surface area contributed by atoms with E-state index in [1.54, 1.807) is 0 Å². The van der Waals surface area contributed by atoms with E-state index in [-0.39, 0.29) is 16.7 Å². The second-order valence-electron chi connectivity index (χ2n) is 6.33. The predicted octanol–water partition coefficient (Wildman–Crippen LogP) is 0.849. The molecule has 0 bridgehead atoms. The van der Waals surface area contributed by atoms with Gasteiger partial charge < -0.3 is 20.4 Å². The third-order valence-electron chi connectivity index (χ3n) is 4.72. The van der Waals surface area contributed by atoms with Gasteiger partial charge in [0.2, 0.25) is 0 Å². The normalized spacial score (nSPS) is 19.2. The zero-order valence-electron chi connectivity index (χ0n) is 12.3. The Bertz CT molecular complexity index is 400. The monoisotopic (exact) mass is 286 g/mol. The standard InChI is InChI=1S/C13H22N2O5/c1-12(2)8(13(12,3)4)5-14-11(20)15(6-9(16)17)7-10(18)19/h8H,5-7H2,1-4H3,(H,14,20)(H,16,17)(H,18,19). The number of amides is 2. The van der Waals surface area contributed by atoms with E-state index in [9.17, 15) is 14.4 Å². The van der Waals surface area contributed by atoms with Crippen molar-refractivity contribution in [3.63, 3.8) is 0 Å². The molecule has 0 heterocycles. The van der Waals surface area contributed by atoms with Crippen LogP contribution in [-0.4, -0.2) is 52.7 Å². The summed E-state index contributed by atoms with van der Waals surface area (Å²) in [6.45, 7) is 7.58. The van der Waals surface area contributed by atoms with Crippen LogP contribution in [-0.2, 0) is 9.59 Å². The molecule has 0 atom stereocenters. The molecular weight excluding hydrogens is 264 g/mol. The lowest BCUT2D eigenvalue weighted by Gasteiger charge is -2.19. The number of nitrogens with one attached hydrogen (secondary N) is 1. The van der Waals surface area contributed by atoms with Crippen LogP contribution in [0.3, 0.4) is 0 Å². The summed E-state index contributed by atoms with van der Waals surface area (Å²) in [5, 5.41) is 20.0. The van der Waals surface area contributed by atoms with Crippen molar-refractivity contribution in [3.8, 4) is 0 Å². The van der Waals surface area contributed by atoms with E-state index in [4.69, 9.17) is 10.2 Å². The molecule has 0 aromatic rings. The summed E-state index contributed by atoms with van der Waals surface area (Å²) in [6.07, 6.45) is 0. The van der Waals surface area contributed by atoms with Crippen LogP contribution in [0.1, 0.15) is 27.7 Å². The third-order valence-corrected chi connectivity index (χ3v) is 4.72. The molecule has 0 spiro atoms. The minimum absolute atomic E-state index is 0.102. The zero-order chi connectivity index (χ0) is 15.7. The molecule has 1 saturated carbocycles. The first-order chi connectivity index (χ1) is 9.00. The van der Waals surface area contributed by atoms with E-state index in [1.807, 2.05) is 0 Å². The molecule has 7 heteroatoms. The van der Waals surface area contributed by atoms with Gasteiger partial charge in [-0.2, -0.15) is 0 Å². The van der Waals surface area contributed by atoms with Crippen molar-refractivity contribution < 1.29 is 24.6 Å². The van der Waals surface area contributed by atoms with Gasteiger partial charge >= 0.3 is 18.0 Å². The molecule has 0 aliphatic heterocycles. The maximum atomic E-state index is 11.9. The second-order valence-corrected chi connectivity index (χ2v) is 6.33. The summed E-state index contributed by atoms with van der Waals surface area (Å²) in [5.41, 5.74) is 0.204. The number of urea groups is 1. The van der Waals surface area contributed by atoms with Gasteiger partial charge in [-0.15, -0.1) is 0 Å². The first-order valence-corrected chi connectivity index (χ1v) is 6.46. The van der Waals surface area contributed by atoms with Crippen molar-refractivity contribution in [2.45, 2.75) is 27.7 Å². The maximum absolute atomic E-state index is 11.9. The first-order valence-electron chi connectivity index (χ1n) is 6.46. The van der Waals surface area contributed by atoms with Crippen LogP contribution < -0.4 is 5.32 Å². The number of carboxylic acid groups (broad SMARTS) is 2. The van der Waals surface area contributed by atoms with Crippen LogP contribution in [0.5, 0.6) is 0 Å². The highest BCUT2D eigenvalue weighted by molar-refractivity contribution is 5.84. The minimum Gasteiger partial charge on any atom is -0.480 e. The number of carboxylic acids is 2. The van der Waals surface area contributed by atoms with Gasteiger partial charge in [0.05, 0.1) is 0 Å². The molecule has 20 heavy (non-hydrogen) atoms. The Kier molecular flexibility index (Phi) is 4.31. The Labute approximate surface area is 117 Å². The average molecular weight is 286 g/mol. The lowest BCUT2D eigenvalue weighted by Crippen LogP contribution is -2.46. The van der Waals surface area contributed by atoms with Gasteiger partial charge in [0, 0.05) is 6.54 Å². The van der Waals surface area contributed by atoms with Crippen LogP contribution in [0.4, 0.5) is 4.79 Å². The summed E-state index contributed by atoms with van der Waals surface area (Å²) in [5.74, 6) is -2.20. The van der Waals surface area contributed by atoms with Gasteiger partial charge in [0.25, 0.3) is 0 Å². The van der Waals surface area contributed by atoms with E-state index < -0.39 is 31.1 Å². The molecule has 2 amide bonds. The molecule has 0 saturated heterocycles. The molecule has 1 fully saturated rings. The van der Waals surface area contributed by atoms with Crippen LogP contribution in [0.25, 0.3) is 0 Å². The second kappa shape index (κ2) is 5.30. The number of hydrogen-bond donors (Lipinski definition) is 3. The number of nitrogens with zero attached hydrogens (tertiary/aromatic N) is 1. The fourth-order valence-electron chi connectivity index (χ4n) is 2.67. The molecule has 1 rings (SSSR count). The Morgan fingerprint density at radius 2 is 1.40 bits per heavy atom. The van der Waals surface area contributed by atoms with Gasteiger partial charge in [-0.05, 0) is 16.7 Å². The Morgan fingerprint density at radius 1 is 1.00 bits per heavy atom. The molecule has 0 aromatic heterocycles. The molecule has 0 unspecified atom stereocenters. The van der Waals surface area contributed by atoms with Crippen molar-refractivity contribution in [3.05, 3.63) is 0 Å². The first kappa shape index (κ1) is 16.3. The van der Waals surface area contributed by atoms with E-state index >= 15 is 0 Å². The maximum Gasteiger partial charge on any atom is 0.323 e. The van der Waals surface area contributed by atoms with Gasteiger partial charge in [-0.25, -0.2) is 4.79 Å². The lowest BCUT2D eigenvalue weighted by atomic mass is 10.0. The molecule has 0 aromatic carbocycles. The molecule has 3 N–H and O–H groups in total. The molecular formula is C13H22N2O5. The molecule has 7 nitrogen and oxygen atoms in total. The van der Waals surface area contributed by atoms with Gasteiger partial charge in [0.15, 0.2) is 0 Å². The number of carbonyl (C=O) groups excluding carboxylic acids is 1. The highest BCUT2D eigenvalue weighted by Gasteiger charge is 2.64. The van der Waals surface area contributed by atoms with E-state index in [0.717, 1.165) is 4.90 Å². The van der Waals surface area contributed by atoms with Crippen LogP contribution in [0.15, 0.2) is 0 Å². The molecule has 1 aliphatic carbocycles. The predicted molar refractivity (Wildman–Crippen MR) is 71.3 cm³/mol. The quantitative estimate of drug-likeness (QED) is 0.671. The highest BCUT2D eigenvalue weighted by atomic mass is 16.4. The number of rotatable bonds is 6. The summed E-state index contributed by atoms with van der Waals surface area (Å²) in [6, 6.07) is -0.659. The van der Waals surface area contributed by atoms with Crippen molar-refractivity contribution in [2.24, 2.45) is 16.7 Å². The fourth-order valence-corrected chi connectivity index (χ4v) is 2.67. The zero-order valence-corrected chi connectivity index (χ0v) is 12.3. The molecule has 114 valence electrons. The van der Waals surface area contributed by atoms with Crippen LogP contribution in [0, 0.1) is 16.7 Å². The van der Waals surface area contributed by atoms with E-state index in [2.05, 4.69) is 33.0 Å². The van der Waals surface area contributed by atoms with Crippen LogP contribution >= 0.6 is 0 Å². The highest BCUT2D eigenvalue weighted by Crippen LogP contribution is 2.67. The van der Waals surface area contributed by atoms with Gasteiger partial charge in [-0.3, -0.25) is 9.59 Å². The Morgan fingerprint density at radius 3 is 1.70 bits per heavy atom. The summed E-state index contributed by atoms with van der Waals surface area (Å²) < 4.78 is 0. The third kappa shape index (κ3) is 3.20. The van der Waals surface area contributed by atoms with Crippen molar-refractivity contribution in [1.82, 2.24) is 10.2 Å². The summed E-state index contributed by atoms with van der Waals surface area (Å²) >= 11 is 0. The summed E-state index contributed by atoms with van der Waals surface area (Å²) in [7, 11) is 0. The van der Waals surface area contributed by atoms with Gasteiger partial charge in [-0.1, -0.05) is 27.7 Å². The topological polar surface area (TPSA) is 107 Å². The van der Waals surface area contributed by atoms with Crippen molar-refractivity contribution in [1.29, 1.82) is 0 Å². The van der Waals surface area contributed by atoms with Crippen molar-refractivity contribution in [2.75, 3.05) is 19.6 Å². The van der Waals surface area contributed by atoms with E-state index in [0.29, 0.717) is 6.54 Å². The fraction of sp³-hybridized carbons (Fsp3) is 0.769. The number of hydrogen-bond acceptors (Lipinski definition) is 3. The van der Waals surface area contributed by atoms with Gasteiger partial charge in [0.1, 0.15) is 13.1 Å². The summed E-state index contributed by atoms with van der Waals surface area (Å²) in [4.78, 5) is 33.9. The Hall–Kier alpha value is -1.79. The van der Waals surface area contributed by atoms with Crippen molar-refractivity contribution >= 4 is 18.0 Å². The number of carbonyl (C=O) groups is 3. The smallest absolute Gasteiger partial charge is 0.323 e. The SMILES string of the molecule is CC1(C)C(CNC(=O)N(CC(=O)O)CC(=O)O)C1(C)C.